The largest absolute Gasteiger partial charge is 0.376 e. The number of aromatic nitrogens is 2. The minimum absolute atomic E-state index is 0.251. The highest BCUT2D eigenvalue weighted by molar-refractivity contribution is 5.93. The number of carbonyl (C=O) groups excluding carboxylic acids is 1. The molecule has 0 radical (unpaired) electrons. The molecule has 0 aromatic carbocycles. The Balaban J connectivity index is 1.65. The highest BCUT2D eigenvalue weighted by Crippen LogP contribution is 2.19. The molecule has 1 saturated heterocycles. The van der Waals surface area contributed by atoms with Crippen LogP contribution in [0.15, 0.2) is 29.5 Å². The number of hydrogen-bond acceptors (Lipinski definition) is 3. The fraction of sp³-hybridized carbons (Fsp3) is 0.412. The van der Waals surface area contributed by atoms with E-state index in [1.165, 1.54) is 5.69 Å². The van der Waals surface area contributed by atoms with E-state index in [1.54, 1.807) is 24.5 Å². The van der Waals surface area contributed by atoms with E-state index in [1.807, 2.05) is 0 Å². The third-order valence-corrected chi connectivity index (χ3v) is 4.24. The van der Waals surface area contributed by atoms with Crippen LogP contribution in [-0.4, -0.2) is 34.4 Å². The first-order chi connectivity index (χ1) is 11.1. The molecule has 3 rings (SSSR count). The molecule has 1 atom stereocenters. The Bertz CT molecular complexity index is 695. The average molecular weight is 314 g/mol. The number of hydrogen-bond donors (Lipinski definition) is 2. The highest BCUT2D eigenvalue weighted by Gasteiger charge is 2.18. The fourth-order valence-corrected chi connectivity index (χ4v) is 2.92. The summed E-state index contributed by atoms with van der Waals surface area (Å²) in [6.07, 6.45) is 5.96. The van der Waals surface area contributed by atoms with Crippen molar-refractivity contribution in [2.24, 2.45) is 5.10 Å². The number of nitrogens with zero attached hydrogens (tertiary/aromatic N) is 2. The minimum Gasteiger partial charge on any atom is -0.376 e. The first-order valence-corrected chi connectivity index (χ1v) is 7.90. The van der Waals surface area contributed by atoms with Crippen molar-refractivity contribution in [1.82, 2.24) is 15.0 Å². The molecular weight excluding hydrogens is 292 g/mol. The second-order valence-electron chi connectivity index (χ2n) is 5.86. The molecule has 6 heteroatoms. The minimum atomic E-state index is -0.251. The molecule has 1 aliphatic rings. The topological polar surface area (TPSA) is 71.4 Å². The Labute approximate surface area is 135 Å². The summed E-state index contributed by atoms with van der Waals surface area (Å²) < 4.78 is 7.97. The van der Waals surface area contributed by atoms with Crippen LogP contribution in [-0.2, 0) is 11.3 Å². The van der Waals surface area contributed by atoms with Gasteiger partial charge in [-0.2, -0.15) is 5.10 Å². The molecule has 2 N–H and O–H groups in total. The summed E-state index contributed by atoms with van der Waals surface area (Å²) in [6, 6.07) is 5.56. The summed E-state index contributed by atoms with van der Waals surface area (Å²) in [5.41, 5.74) is 6.34. The van der Waals surface area contributed by atoms with E-state index in [2.05, 4.69) is 40.0 Å². The maximum atomic E-state index is 11.8. The van der Waals surface area contributed by atoms with Gasteiger partial charge < -0.3 is 14.3 Å². The van der Waals surface area contributed by atoms with E-state index < -0.39 is 0 Å². The van der Waals surface area contributed by atoms with E-state index in [9.17, 15) is 4.79 Å². The Morgan fingerprint density at radius 3 is 3.13 bits per heavy atom. The quantitative estimate of drug-likeness (QED) is 0.657. The second-order valence-corrected chi connectivity index (χ2v) is 5.86. The summed E-state index contributed by atoms with van der Waals surface area (Å²) in [6.45, 7) is 5.89. The molecule has 0 bridgehead atoms. The summed E-state index contributed by atoms with van der Waals surface area (Å²) in [4.78, 5) is 14.7. The van der Waals surface area contributed by atoms with Crippen LogP contribution in [0.5, 0.6) is 0 Å². The number of aromatic amines is 1. The lowest BCUT2D eigenvalue weighted by Crippen LogP contribution is -2.18. The van der Waals surface area contributed by atoms with Crippen LogP contribution in [0.25, 0.3) is 0 Å². The number of amides is 1. The molecule has 1 fully saturated rings. The molecule has 23 heavy (non-hydrogen) atoms. The molecular formula is C17H22N4O2. The lowest BCUT2D eigenvalue weighted by atomic mass is 10.2. The van der Waals surface area contributed by atoms with E-state index in [0.29, 0.717) is 11.8 Å². The van der Waals surface area contributed by atoms with Crippen LogP contribution in [0.2, 0.25) is 0 Å². The average Bonchev–Trinajstić information content (AvgIpc) is 3.26. The number of rotatable bonds is 5. The molecule has 0 saturated carbocycles. The zero-order chi connectivity index (χ0) is 16.2. The summed E-state index contributed by atoms with van der Waals surface area (Å²) >= 11 is 0. The standard InChI is InChI=1S/C17H22N4O2/c1-12-9-14(10-19-20-17(22)16-6-3-7-18-16)13(2)21(12)11-15-5-4-8-23-15/h3,6-7,9-10,15,18H,4-5,8,11H2,1-2H3,(H,20,22)/b19-10-/t15-/m1/s1. The molecule has 1 amide bonds. The number of aryl methyl sites for hydroxylation is 1. The Morgan fingerprint density at radius 1 is 1.57 bits per heavy atom. The van der Waals surface area contributed by atoms with Crippen molar-refractivity contribution in [1.29, 1.82) is 0 Å². The van der Waals surface area contributed by atoms with E-state index in [0.717, 1.165) is 37.3 Å². The maximum Gasteiger partial charge on any atom is 0.287 e. The molecule has 0 aliphatic carbocycles. The fourth-order valence-electron chi connectivity index (χ4n) is 2.92. The van der Waals surface area contributed by atoms with Gasteiger partial charge in [-0.05, 0) is 44.9 Å². The third-order valence-electron chi connectivity index (χ3n) is 4.24. The van der Waals surface area contributed by atoms with Gasteiger partial charge in [0.05, 0.1) is 12.3 Å². The summed E-state index contributed by atoms with van der Waals surface area (Å²) in [7, 11) is 0. The Kier molecular flexibility index (Phi) is 4.62. The molecule has 0 unspecified atom stereocenters. The first-order valence-electron chi connectivity index (χ1n) is 7.90. The van der Waals surface area contributed by atoms with Gasteiger partial charge in [-0.3, -0.25) is 4.79 Å². The van der Waals surface area contributed by atoms with Crippen molar-refractivity contribution in [3.63, 3.8) is 0 Å². The SMILES string of the molecule is Cc1cc(/C=N\NC(=O)c2ccc[nH]2)c(C)n1C[C@H]1CCCO1. The van der Waals surface area contributed by atoms with Gasteiger partial charge in [0.15, 0.2) is 0 Å². The van der Waals surface area contributed by atoms with Gasteiger partial charge in [-0.1, -0.05) is 0 Å². The number of H-pyrrole nitrogens is 1. The smallest absolute Gasteiger partial charge is 0.287 e. The van der Waals surface area contributed by atoms with Crippen molar-refractivity contribution < 1.29 is 9.53 Å². The lowest BCUT2D eigenvalue weighted by Gasteiger charge is -2.14. The van der Waals surface area contributed by atoms with Crippen LogP contribution >= 0.6 is 0 Å². The highest BCUT2D eigenvalue weighted by atomic mass is 16.5. The molecule has 6 nitrogen and oxygen atoms in total. The van der Waals surface area contributed by atoms with Crippen LogP contribution in [0.1, 0.15) is 40.3 Å². The number of nitrogens with one attached hydrogen (secondary N) is 2. The molecule has 2 aromatic rings. The molecule has 3 heterocycles. The number of hydrazone groups is 1. The van der Waals surface area contributed by atoms with Crippen molar-refractivity contribution in [2.45, 2.75) is 39.3 Å². The van der Waals surface area contributed by atoms with Gasteiger partial charge in [0.1, 0.15) is 5.69 Å². The monoisotopic (exact) mass is 314 g/mol. The predicted octanol–water partition coefficient (Wildman–Crippen LogP) is 2.38. The van der Waals surface area contributed by atoms with Crippen molar-refractivity contribution in [3.8, 4) is 0 Å². The normalized spacial score (nSPS) is 17.9. The van der Waals surface area contributed by atoms with Gasteiger partial charge in [0, 0.05) is 36.3 Å². The zero-order valence-corrected chi connectivity index (χ0v) is 13.5. The molecule has 1 aliphatic heterocycles. The first kappa shape index (κ1) is 15.6. The maximum absolute atomic E-state index is 11.8. The van der Waals surface area contributed by atoms with Crippen molar-refractivity contribution in [2.75, 3.05) is 6.61 Å². The predicted molar refractivity (Wildman–Crippen MR) is 88.7 cm³/mol. The van der Waals surface area contributed by atoms with E-state index in [4.69, 9.17) is 4.74 Å². The molecule has 0 spiro atoms. The number of ether oxygens (including phenoxy) is 1. The summed E-state index contributed by atoms with van der Waals surface area (Å²) in [5.74, 6) is -0.251. The Morgan fingerprint density at radius 2 is 2.43 bits per heavy atom. The van der Waals surface area contributed by atoms with Crippen LogP contribution in [0.3, 0.4) is 0 Å². The zero-order valence-electron chi connectivity index (χ0n) is 13.5. The third kappa shape index (κ3) is 3.53. The van der Waals surface area contributed by atoms with E-state index >= 15 is 0 Å². The van der Waals surface area contributed by atoms with E-state index in [-0.39, 0.29) is 5.91 Å². The summed E-state index contributed by atoms with van der Waals surface area (Å²) in [5, 5.41) is 4.06. The second kappa shape index (κ2) is 6.83. The van der Waals surface area contributed by atoms with Crippen LogP contribution in [0.4, 0.5) is 0 Å². The number of carbonyl (C=O) groups is 1. The van der Waals surface area contributed by atoms with Gasteiger partial charge in [0.25, 0.3) is 5.91 Å². The van der Waals surface area contributed by atoms with Gasteiger partial charge in [-0.15, -0.1) is 0 Å². The molecule has 122 valence electrons. The van der Waals surface area contributed by atoms with Crippen molar-refractivity contribution >= 4 is 12.1 Å². The van der Waals surface area contributed by atoms with Crippen molar-refractivity contribution in [3.05, 3.63) is 47.0 Å². The van der Waals surface area contributed by atoms with Gasteiger partial charge in [-0.25, -0.2) is 5.43 Å². The molecule has 2 aromatic heterocycles. The van der Waals surface area contributed by atoms with Crippen LogP contribution in [0, 0.1) is 13.8 Å². The van der Waals surface area contributed by atoms with Gasteiger partial charge >= 0.3 is 0 Å². The lowest BCUT2D eigenvalue weighted by molar-refractivity contribution is 0.0950. The van der Waals surface area contributed by atoms with Gasteiger partial charge in [0.2, 0.25) is 0 Å². The van der Waals surface area contributed by atoms with Crippen LogP contribution < -0.4 is 5.43 Å². The Hall–Kier alpha value is -2.34.